The van der Waals surface area contributed by atoms with Gasteiger partial charge in [-0.3, -0.25) is 4.79 Å². The summed E-state index contributed by atoms with van der Waals surface area (Å²) in [5.41, 5.74) is 0.595. The fraction of sp³-hybridized carbons (Fsp3) is 0.375. The lowest BCUT2D eigenvalue weighted by Crippen LogP contribution is -2.44. The standard InChI is InChI=1S/C24H26FN5O4S/c25-17-4-6-18(7-5-17)34-14-21-28-29-23(30(21)26)35-15-22(31)27-24(9-1-2-10-24)16-3-8-19-20(13-16)33-12-11-32-19/h3-8,13H,1-2,9-12,14-15,26H2,(H,27,31). The van der Waals surface area contributed by atoms with Crippen molar-refractivity contribution in [3.05, 3.63) is 59.7 Å². The number of hydrogen-bond acceptors (Lipinski definition) is 8. The molecule has 0 unspecified atom stereocenters. The molecule has 0 spiro atoms. The van der Waals surface area contributed by atoms with Crippen LogP contribution in [0, 0.1) is 5.82 Å². The number of carbonyl (C=O) groups excluding carboxylic acids is 1. The van der Waals surface area contributed by atoms with Crippen molar-refractivity contribution in [2.75, 3.05) is 24.8 Å². The Morgan fingerprint density at radius 2 is 1.86 bits per heavy atom. The molecule has 3 aromatic rings. The van der Waals surface area contributed by atoms with Gasteiger partial charge in [0.05, 0.1) is 11.3 Å². The van der Waals surface area contributed by atoms with Crippen LogP contribution in [0.5, 0.6) is 17.2 Å². The number of halogens is 1. The van der Waals surface area contributed by atoms with E-state index in [4.69, 9.17) is 20.1 Å². The zero-order valence-corrected chi connectivity index (χ0v) is 19.9. The van der Waals surface area contributed by atoms with Gasteiger partial charge < -0.3 is 25.4 Å². The third-order valence-corrected chi connectivity index (χ3v) is 7.12. The van der Waals surface area contributed by atoms with E-state index in [9.17, 15) is 9.18 Å². The molecule has 35 heavy (non-hydrogen) atoms. The number of ether oxygens (including phenoxy) is 3. The molecule has 1 aliphatic carbocycles. The van der Waals surface area contributed by atoms with Gasteiger partial charge in [-0.1, -0.05) is 30.7 Å². The fourth-order valence-electron chi connectivity index (χ4n) is 4.42. The summed E-state index contributed by atoms with van der Waals surface area (Å²) in [6.07, 6.45) is 3.80. The summed E-state index contributed by atoms with van der Waals surface area (Å²) < 4.78 is 31.3. The molecule has 1 aromatic heterocycles. The largest absolute Gasteiger partial charge is 0.486 e. The number of nitrogen functional groups attached to an aromatic ring is 1. The van der Waals surface area contributed by atoms with E-state index < -0.39 is 5.54 Å². The Morgan fingerprint density at radius 3 is 2.63 bits per heavy atom. The lowest BCUT2D eigenvalue weighted by molar-refractivity contribution is -0.120. The first-order valence-corrected chi connectivity index (χ1v) is 12.4. The van der Waals surface area contributed by atoms with Gasteiger partial charge in [0.1, 0.15) is 31.4 Å². The maximum atomic E-state index is 13.0. The molecule has 9 nitrogen and oxygen atoms in total. The van der Waals surface area contributed by atoms with Gasteiger partial charge in [0, 0.05) is 0 Å². The highest BCUT2D eigenvalue weighted by Crippen LogP contribution is 2.42. The molecule has 5 rings (SSSR count). The number of benzene rings is 2. The zero-order valence-electron chi connectivity index (χ0n) is 19.0. The lowest BCUT2D eigenvalue weighted by atomic mass is 9.87. The normalized spacial score (nSPS) is 16.1. The third kappa shape index (κ3) is 5.14. The van der Waals surface area contributed by atoms with Crippen LogP contribution < -0.4 is 25.4 Å². The van der Waals surface area contributed by atoms with Crippen LogP contribution in [0.25, 0.3) is 0 Å². The summed E-state index contributed by atoms with van der Waals surface area (Å²) in [5, 5.41) is 11.8. The number of carbonyl (C=O) groups is 1. The molecule has 2 aromatic carbocycles. The first-order chi connectivity index (χ1) is 17.0. The topological polar surface area (TPSA) is 114 Å². The van der Waals surface area contributed by atoms with Crippen LogP contribution in [0.15, 0.2) is 47.6 Å². The van der Waals surface area contributed by atoms with E-state index in [2.05, 4.69) is 15.5 Å². The van der Waals surface area contributed by atoms with E-state index in [0.717, 1.165) is 42.7 Å². The van der Waals surface area contributed by atoms with Crippen molar-refractivity contribution in [2.45, 2.75) is 43.0 Å². The second kappa shape index (κ2) is 10.0. The van der Waals surface area contributed by atoms with Crippen molar-refractivity contribution in [3.8, 4) is 17.2 Å². The van der Waals surface area contributed by atoms with E-state index >= 15 is 0 Å². The highest BCUT2D eigenvalue weighted by atomic mass is 32.2. The molecule has 11 heteroatoms. The maximum absolute atomic E-state index is 13.0. The number of nitrogens with zero attached hydrogens (tertiary/aromatic N) is 3. The van der Waals surface area contributed by atoms with Crippen LogP contribution in [0.1, 0.15) is 37.1 Å². The quantitative estimate of drug-likeness (QED) is 0.359. The van der Waals surface area contributed by atoms with E-state index in [-0.39, 0.29) is 24.1 Å². The minimum absolute atomic E-state index is 0.0646. The van der Waals surface area contributed by atoms with Gasteiger partial charge in [0.15, 0.2) is 17.3 Å². The van der Waals surface area contributed by atoms with Gasteiger partial charge in [0.2, 0.25) is 11.1 Å². The predicted molar refractivity (Wildman–Crippen MR) is 127 cm³/mol. The molecule has 2 aliphatic rings. The van der Waals surface area contributed by atoms with Gasteiger partial charge in [-0.25, -0.2) is 9.07 Å². The molecule has 3 N–H and O–H groups in total. The molecule has 0 atom stereocenters. The SMILES string of the molecule is Nn1c(COc2ccc(F)cc2)nnc1SCC(=O)NC1(c2ccc3c(c2)OCCO3)CCCC1. The summed E-state index contributed by atoms with van der Waals surface area (Å²) in [5.74, 6) is 8.11. The summed E-state index contributed by atoms with van der Waals surface area (Å²) in [6.45, 7) is 1.12. The Balaban J connectivity index is 1.20. The molecule has 1 saturated carbocycles. The lowest BCUT2D eigenvalue weighted by Gasteiger charge is -2.32. The number of nitrogens with two attached hydrogens (primary N) is 1. The van der Waals surface area contributed by atoms with Gasteiger partial charge in [-0.2, -0.15) is 0 Å². The van der Waals surface area contributed by atoms with Crippen molar-refractivity contribution in [1.29, 1.82) is 0 Å². The number of fused-ring (bicyclic) bond motifs is 1. The Kier molecular flexibility index (Phi) is 6.67. The molecular formula is C24H26FN5O4S. The first kappa shape index (κ1) is 23.3. The summed E-state index contributed by atoms with van der Waals surface area (Å²) in [4.78, 5) is 13.0. The van der Waals surface area contributed by atoms with Crippen LogP contribution in [0.2, 0.25) is 0 Å². The van der Waals surface area contributed by atoms with Gasteiger partial charge in [0.25, 0.3) is 0 Å². The molecule has 0 saturated heterocycles. The van der Waals surface area contributed by atoms with E-state index in [0.29, 0.717) is 29.9 Å². The number of rotatable bonds is 8. The van der Waals surface area contributed by atoms with Gasteiger partial charge >= 0.3 is 0 Å². The third-order valence-electron chi connectivity index (χ3n) is 6.18. The second-order valence-corrected chi connectivity index (χ2v) is 9.44. The fourth-order valence-corrected chi connectivity index (χ4v) is 5.10. The molecular weight excluding hydrogens is 473 g/mol. The van der Waals surface area contributed by atoms with Crippen LogP contribution in [0.3, 0.4) is 0 Å². The van der Waals surface area contributed by atoms with Crippen LogP contribution in [0.4, 0.5) is 4.39 Å². The van der Waals surface area contributed by atoms with Crippen molar-refractivity contribution >= 4 is 17.7 Å². The number of aromatic nitrogens is 3. The highest BCUT2D eigenvalue weighted by Gasteiger charge is 2.38. The molecule has 1 fully saturated rings. The second-order valence-electron chi connectivity index (χ2n) is 8.50. The predicted octanol–water partition coefficient (Wildman–Crippen LogP) is 3.16. The Labute approximate surface area is 206 Å². The number of hydrogen-bond donors (Lipinski definition) is 2. The monoisotopic (exact) mass is 499 g/mol. The smallest absolute Gasteiger partial charge is 0.231 e. The van der Waals surface area contributed by atoms with Crippen LogP contribution >= 0.6 is 11.8 Å². The van der Waals surface area contributed by atoms with Crippen LogP contribution in [-0.2, 0) is 16.9 Å². The molecule has 1 aliphatic heterocycles. The number of thioether (sulfide) groups is 1. The molecule has 0 radical (unpaired) electrons. The molecule has 1 amide bonds. The average molecular weight is 500 g/mol. The Morgan fingerprint density at radius 1 is 1.11 bits per heavy atom. The van der Waals surface area contributed by atoms with Crippen molar-refractivity contribution in [3.63, 3.8) is 0 Å². The Bertz CT molecular complexity index is 1200. The summed E-state index contributed by atoms with van der Waals surface area (Å²) in [6, 6.07) is 11.6. The average Bonchev–Trinajstić information content (AvgIpc) is 3.49. The van der Waals surface area contributed by atoms with E-state index in [1.807, 2.05) is 18.2 Å². The Hall–Kier alpha value is -3.47. The van der Waals surface area contributed by atoms with Crippen molar-refractivity contribution in [2.24, 2.45) is 0 Å². The summed E-state index contributed by atoms with van der Waals surface area (Å²) in [7, 11) is 0. The number of nitrogens with one attached hydrogen (secondary N) is 1. The van der Waals surface area contributed by atoms with Gasteiger partial charge in [-0.05, 0) is 54.8 Å². The minimum atomic E-state index is -0.433. The van der Waals surface area contributed by atoms with E-state index in [1.54, 1.807) is 0 Å². The summed E-state index contributed by atoms with van der Waals surface area (Å²) >= 11 is 1.20. The molecule has 2 heterocycles. The first-order valence-electron chi connectivity index (χ1n) is 11.4. The maximum Gasteiger partial charge on any atom is 0.231 e. The molecule has 0 bridgehead atoms. The van der Waals surface area contributed by atoms with Crippen molar-refractivity contribution in [1.82, 2.24) is 20.2 Å². The van der Waals surface area contributed by atoms with Gasteiger partial charge in [-0.15, -0.1) is 10.2 Å². The number of amides is 1. The van der Waals surface area contributed by atoms with Crippen molar-refractivity contribution < 1.29 is 23.4 Å². The van der Waals surface area contributed by atoms with E-state index in [1.165, 1.54) is 40.7 Å². The zero-order chi connectivity index (χ0) is 24.3. The van der Waals surface area contributed by atoms with Crippen LogP contribution in [-0.4, -0.2) is 39.7 Å². The molecule has 184 valence electrons. The minimum Gasteiger partial charge on any atom is -0.486 e. The highest BCUT2D eigenvalue weighted by molar-refractivity contribution is 7.99.